The summed E-state index contributed by atoms with van der Waals surface area (Å²) in [7, 11) is 0. The highest BCUT2D eigenvalue weighted by molar-refractivity contribution is 6.06. The molecule has 1 fully saturated rings. The first-order valence-electron chi connectivity index (χ1n) is 5.31. The fourth-order valence-corrected chi connectivity index (χ4v) is 1.87. The largest absolute Gasteiger partial charge is 0.328 e. The summed E-state index contributed by atoms with van der Waals surface area (Å²) in [6.07, 6.45) is 5.69. The summed E-state index contributed by atoms with van der Waals surface area (Å²) in [5, 5.41) is 2.29. The van der Waals surface area contributed by atoms with Crippen molar-refractivity contribution in [3.05, 3.63) is 29.3 Å². The smallest absolute Gasteiger partial charge is 0.293 e. The molecule has 1 aromatic carbocycles. The zero-order valence-electron chi connectivity index (χ0n) is 9.49. The van der Waals surface area contributed by atoms with E-state index in [0.29, 0.717) is 13.0 Å². The Bertz CT molecular complexity index is 529. The standard InChI is InChI=1S/C13H12N2O2/c1-3-10-5-4-6-11(9(10)2)15-8-7-12(16)14-13(15)17/h1,4-6H,7-8H2,2H3,(H,14,16,17). The molecule has 86 valence electrons. The Morgan fingerprint density at radius 3 is 2.82 bits per heavy atom. The predicted molar refractivity (Wildman–Crippen MR) is 64.6 cm³/mol. The normalized spacial score (nSPS) is 15.4. The summed E-state index contributed by atoms with van der Waals surface area (Å²) < 4.78 is 0. The molecule has 0 spiro atoms. The van der Waals surface area contributed by atoms with Crippen LogP contribution < -0.4 is 10.2 Å². The predicted octanol–water partition coefficient (Wildman–Crippen LogP) is 1.42. The Labute approximate surface area is 99.6 Å². The lowest BCUT2D eigenvalue weighted by Gasteiger charge is -2.28. The zero-order chi connectivity index (χ0) is 12.4. The molecule has 0 aromatic heterocycles. The molecule has 0 saturated carbocycles. The average molecular weight is 228 g/mol. The van der Waals surface area contributed by atoms with Gasteiger partial charge in [-0.25, -0.2) is 4.79 Å². The van der Waals surface area contributed by atoms with Crippen molar-refractivity contribution in [2.75, 3.05) is 11.4 Å². The zero-order valence-corrected chi connectivity index (χ0v) is 9.49. The van der Waals surface area contributed by atoms with Gasteiger partial charge in [-0.2, -0.15) is 0 Å². The molecule has 17 heavy (non-hydrogen) atoms. The van der Waals surface area contributed by atoms with Crippen molar-refractivity contribution in [3.63, 3.8) is 0 Å². The molecule has 0 radical (unpaired) electrons. The van der Waals surface area contributed by atoms with Crippen LogP contribution in [0.4, 0.5) is 10.5 Å². The molecular formula is C13H12N2O2. The Balaban J connectivity index is 2.38. The number of carbonyl (C=O) groups is 2. The van der Waals surface area contributed by atoms with Crippen LogP contribution in [0.15, 0.2) is 18.2 Å². The molecule has 2 rings (SSSR count). The molecule has 0 unspecified atom stereocenters. The highest BCUT2D eigenvalue weighted by Crippen LogP contribution is 2.24. The fourth-order valence-electron chi connectivity index (χ4n) is 1.87. The van der Waals surface area contributed by atoms with Crippen molar-refractivity contribution in [2.24, 2.45) is 0 Å². The highest BCUT2D eigenvalue weighted by atomic mass is 16.2. The van der Waals surface area contributed by atoms with Gasteiger partial charge in [-0.1, -0.05) is 12.0 Å². The van der Waals surface area contributed by atoms with E-state index in [2.05, 4.69) is 11.2 Å². The van der Waals surface area contributed by atoms with E-state index in [4.69, 9.17) is 6.42 Å². The van der Waals surface area contributed by atoms with Gasteiger partial charge in [-0.3, -0.25) is 15.0 Å². The van der Waals surface area contributed by atoms with Crippen molar-refractivity contribution in [3.8, 4) is 12.3 Å². The lowest BCUT2D eigenvalue weighted by Crippen LogP contribution is -2.49. The number of hydrogen-bond acceptors (Lipinski definition) is 2. The number of urea groups is 1. The third kappa shape index (κ3) is 2.00. The first kappa shape index (κ1) is 11.2. The molecule has 1 aliphatic heterocycles. The van der Waals surface area contributed by atoms with Crippen LogP contribution in [0.25, 0.3) is 0 Å². The van der Waals surface area contributed by atoms with Crippen LogP contribution in [0.1, 0.15) is 17.5 Å². The van der Waals surface area contributed by atoms with Crippen LogP contribution in [0.3, 0.4) is 0 Å². The van der Waals surface area contributed by atoms with Gasteiger partial charge in [0.25, 0.3) is 0 Å². The van der Waals surface area contributed by atoms with E-state index in [-0.39, 0.29) is 5.91 Å². The van der Waals surface area contributed by atoms with Crippen molar-refractivity contribution < 1.29 is 9.59 Å². The Hall–Kier alpha value is -2.28. The second-order valence-corrected chi connectivity index (χ2v) is 3.85. The number of terminal acetylenes is 1. The third-order valence-electron chi connectivity index (χ3n) is 2.81. The average Bonchev–Trinajstić information content (AvgIpc) is 2.30. The molecule has 0 bridgehead atoms. The lowest BCUT2D eigenvalue weighted by atomic mass is 10.1. The summed E-state index contributed by atoms with van der Waals surface area (Å²) in [5.41, 5.74) is 2.39. The molecule has 0 atom stereocenters. The van der Waals surface area contributed by atoms with Gasteiger partial charge >= 0.3 is 6.03 Å². The number of benzene rings is 1. The molecule has 1 saturated heterocycles. The van der Waals surface area contributed by atoms with Crippen molar-refractivity contribution in [1.29, 1.82) is 0 Å². The molecule has 4 heteroatoms. The monoisotopic (exact) mass is 228 g/mol. The van der Waals surface area contributed by atoms with Crippen LogP contribution in [0, 0.1) is 19.3 Å². The quantitative estimate of drug-likeness (QED) is 0.739. The van der Waals surface area contributed by atoms with Crippen LogP contribution in [-0.4, -0.2) is 18.5 Å². The number of anilines is 1. The molecule has 4 nitrogen and oxygen atoms in total. The lowest BCUT2D eigenvalue weighted by molar-refractivity contribution is -0.120. The summed E-state index contributed by atoms with van der Waals surface area (Å²) in [4.78, 5) is 24.3. The minimum absolute atomic E-state index is 0.239. The van der Waals surface area contributed by atoms with Crippen LogP contribution in [0.2, 0.25) is 0 Å². The maximum Gasteiger partial charge on any atom is 0.328 e. The van der Waals surface area contributed by atoms with Gasteiger partial charge in [-0.05, 0) is 24.6 Å². The molecule has 0 aliphatic carbocycles. The number of nitrogens with one attached hydrogen (secondary N) is 1. The number of carbonyl (C=O) groups excluding carboxylic acids is 2. The maximum absolute atomic E-state index is 11.7. The first-order chi connectivity index (χ1) is 8.13. The molecular weight excluding hydrogens is 216 g/mol. The van der Waals surface area contributed by atoms with Gasteiger partial charge in [-0.15, -0.1) is 6.42 Å². The third-order valence-corrected chi connectivity index (χ3v) is 2.81. The van der Waals surface area contributed by atoms with E-state index in [1.165, 1.54) is 4.90 Å². The van der Waals surface area contributed by atoms with E-state index >= 15 is 0 Å². The Morgan fingerprint density at radius 2 is 2.18 bits per heavy atom. The van der Waals surface area contributed by atoms with E-state index in [0.717, 1.165) is 16.8 Å². The topological polar surface area (TPSA) is 49.4 Å². The van der Waals surface area contributed by atoms with Gasteiger partial charge in [0.2, 0.25) is 5.91 Å². The fraction of sp³-hybridized carbons (Fsp3) is 0.231. The molecule has 1 heterocycles. The van der Waals surface area contributed by atoms with E-state index < -0.39 is 6.03 Å². The number of rotatable bonds is 1. The summed E-state index contributed by atoms with van der Waals surface area (Å²) in [6.45, 7) is 2.26. The number of amides is 3. The van der Waals surface area contributed by atoms with Crippen molar-refractivity contribution in [1.82, 2.24) is 5.32 Å². The van der Waals surface area contributed by atoms with Crippen molar-refractivity contribution in [2.45, 2.75) is 13.3 Å². The van der Waals surface area contributed by atoms with Gasteiger partial charge in [0.1, 0.15) is 0 Å². The number of imide groups is 1. The molecule has 3 amide bonds. The van der Waals surface area contributed by atoms with E-state index in [1.54, 1.807) is 6.07 Å². The molecule has 1 aliphatic rings. The summed E-state index contributed by atoms with van der Waals surface area (Å²) in [6, 6.07) is 5.07. The SMILES string of the molecule is C#Cc1cccc(N2CCC(=O)NC2=O)c1C. The van der Waals surface area contributed by atoms with Gasteiger partial charge in [0.15, 0.2) is 0 Å². The Kier molecular flexibility index (Phi) is 2.84. The minimum atomic E-state index is -0.390. The summed E-state index contributed by atoms with van der Waals surface area (Å²) >= 11 is 0. The number of hydrogen-bond donors (Lipinski definition) is 1. The summed E-state index contributed by atoms with van der Waals surface area (Å²) in [5.74, 6) is 2.33. The number of nitrogens with zero attached hydrogens (tertiary/aromatic N) is 1. The second kappa shape index (κ2) is 4.30. The van der Waals surface area contributed by atoms with Gasteiger partial charge in [0, 0.05) is 24.2 Å². The van der Waals surface area contributed by atoms with Crippen molar-refractivity contribution >= 4 is 17.6 Å². The second-order valence-electron chi connectivity index (χ2n) is 3.85. The van der Waals surface area contributed by atoms with Gasteiger partial charge in [0.05, 0.1) is 0 Å². The minimum Gasteiger partial charge on any atom is -0.293 e. The maximum atomic E-state index is 11.7. The first-order valence-corrected chi connectivity index (χ1v) is 5.31. The molecule has 1 aromatic rings. The van der Waals surface area contributed by atoms with Crippen LogP contribution in [0.5, 0.6) is 0 Å². The van der Waals surface area contributed by atoms with Crippen LogP contribution >= 0.6 is 0 Å². The van der Waals surface area contributed by atoms with E-state index in [9.17, 15) is 9.59 Å². The molecule has 1 N–H and O–H groups in total. The Morgan fingerprint density at radius 1 is 1.41 bits per heavy atom. The van der Waals surface area contributed by atoms with Crippen LogP contribution in [-0.2, 0) is 4.79 Å². The highest BCUT2D eigenvalue weighted by Gasteiger charge is 2.25. The van der Waals surface area contributed by atoms with E-state index in [1.807, 2.05) is 19.1 Å². The van der Waals surface area contributed by atoms with Gasteiger partial charge < -0.3 is 0 Å².